The second-order valence-electron chi connectivity index (χ2n) is 6.77. The largest absolute Gasteiger partial charge is 0.465 e. The molecule has 1 aromatic carbocycles. The quantitative estimate of drug-likeness (QED) is 0.281. The van der Waals surface area contributed by atoms with Crippen LogP contribution in [0.4, 0.5) is 0 Å². The molecule has 30 heavy (non-hydrogen) atoms. The van der Waals surface area contributed by atoms with Crippen LogP contribution in [0.1, 0.15) is 30.1 Å². The molecule has 0 spiro atoms. The van der Waals surface area contributed by atoms with Crippen LogP contribution >= 0.6 is 11.8 Å². The SMILES string of the molecule is C=CCn1c(SCC(=O)OCC)nc2cc(C(=O)NCC3CCCO3)ccc2c1=O. The van der Waals surface area contributed by atoms with Crippen molar-refractivity contribution in [3.8, 4) is 0 Å². The van der Waals surface area contributed by atoms with Crippen LogP contribution in [0.3, 0.4) is 0 Å². The molecule has 0 bridgehead atoms. The lowest BCUT2D eigenvalue weighted by molar-refractivity contribution is -0.139. The Bertz CT molecular complexity index is 998. The monoisotopic (exact) mass is 431 g/mol. The molecule has 9 heteroatoms. The van der Waals surface area contributed by atoms with Crippen molar-refractivity contribution in [2.75, 3.05) is 25.5 Å². The predicted molar refractivity (Wildman–Crippen MR) is 115 cm³/mol. The fourth-order valence-electron chi connectivity index (χ4n) is 3.18. The van der Waals surface area contributed by atoms with Crippen molar-refractivity contribution in [2.24, 2.45) is 0 Å². The van der Waals surface area contributed by atoms with E-state index in [0.29, 0.717) is 28.2 Å². The smallest absolute Gasteiger partial charge is 0.316 e. The number of rotatable bonds is 9. The summed E-state index contributed by atoms with van der Waals surface area (Å²) >= 11 is 1.12. The van der Waals surface area contributed by atoms with Crippen molar-refractivity contribution in [1.29, 1.82) is 0 Å². The fourth-order valence-corrected chi connectivity index (χ4v) is 3.99. The Morgan fingerprint density at radius 2 is 2.30 bits per heavy atom. The molecule has 1 saturated heterocycles. The average molecular weight is 432 g/mol. The fraction of sp³-hybridized carbons (Fsp3) is 0.429. The van der Waals surface area contributed by atoms with E-state index in [1.165, 1.54) is 4.57 Å². The van der Waals surface area contributed by atoms with Crippen LogP contribution < -0.4 is 10.9 Å². The summed E-state index contributed by atoms with van der Waals surface area (Å²) in [5.74, 6) is -0.598. The van der Waals surface area contributed by atoms with Gasteiger partial charge in [0.15, 0.2) is 5.16 Å². The van der Waals surface area contributed by atoms with Crippen molar-refractivity contribution in [2.45, 2.75) is 37.6 Å². The molecule has 2 heterocycles. The van der Waals surface area contributed by atoms with Gasteiger partial charge < -0.3 is 14.8 Å². The topological polar surface area (TPSA) is 99.5 Å². The normalized spacial score (nSPS) is 15.8. The van der Waals surface area contributed by atoms with Crippen molar-refractivity contribution >= 4 is 34.5 Å². The highest BCUT2D eigenvalue weighted by Gasteiger charge is 2.18. The molecule has 160 valence electrons. The number of hydrogen-bond donors (Lipinski definition) is 1. The average Bonchev–Trinajstić information content (AvgIpc) is 3.26. The highest BCUT2D eigenvalue weighted by atomic mass is 32.2. The van der Waals surface area contributed by atoms with Crippen LogP contribution in [-0.4, -0.2) is 53.0 Å². The molecule has 1 aromatic heterocycles. The van der Waals surface area contributed by atoms with Gasteiger partial charge in [0.1, 0.15) is 0 Å². The second kappa shape index (κ2) is 10.4. The summed E-state index contributed by atoms with van der Waals surface area (Å²) in [6.45, 7) is 7.14. The highest BCUT2D eigenvalue weighted by molar-refractivity contribution is 7.99. The Kier molecular flexibility index (Phi) is 7.64. The minimum Gasteiger partial charge on any atom is -0.465 e. The minimum absolute atomic E-state index is 0.0322. The van der Waals surface area contributed by atoms with Crippen LogP contribution in [0.5, 0.6) is 0 Å². The van der Waals surface area contributed by atoms with Crippen molar-refractivity contribution in [1.82, 2.24) is 14.9 Å². The number of esters is 1. The van der Waals surface area contributed by atoms with Crippen LogP contribution in [0, 0.1) is 0 Å². The summed E-state index contributed by atoms with van der Waals surface area (Å²) in [5.41, 5.74) is 0.559. The van der Waals surface area contributed by atoms with Gasteiger partial charge in [-0.3, -0.25) is 19.0 Å². The third-order valence-electron chi connectivity index (χ3n) is 4.63. The number of ether oxygens (including phenoxy) is 2. The molecule has 0 radical (unpaired) electrons. The summed E-state index contributed by atoms with van der Waals surface area (Å²) in [6.07, 6.45) is 3.58. The van der Waals surface area contributed by atoms with Crippen molar-refractivity contribution in [3.05, 3.63) is 46.8 Å². The van der Waals surface area contributed by atoms with Crippen LogP contribution in [0.2, 0.25) is 0 Å². The van der Waals surface area contributed by atoms with Crippen LogP contribution in [0.25, 0.3) is 10.9 Å². The van der Waals surface area contributed by atoms with Crippen LogP contribution in [0.15, 0.2) is 40.8 Å². The van der Waals surface area contributed by atoms with Gasteiger partial charge in [-0.2, -0.15) is 0 Å². The molecule has 3 rings (SSSR count). The number of thioether (sulfide) groups is 1. The van der Waals surface area contributed by atoms with Gasteiger partial charge in [0.2, 0.25) is 0 Å². The lowest BCUT2D eigenvalue weighted by atomic mass is 10.1. The zero-order valence-corrected chi connectivity index (χ0v) is 17.7. The van der Waals surface area contributed by atoms with Gasteiger partial charge in [-0.05, 0) is 38.0 Å². The standard InChI is InChI=1S/C21H25N3O5S/c1-3-9-24-20(27)16-8-7-14(19(26)22-12-15-6-5-10-29-15)11-17(16)23-21(24)30-13-18(25)28-4-2/h3,7-8,11,15H,1,4-6,9-10,12-13H2,2H3,(H,22,26). The molecule has 1 fully saturated rings. The molecular formula is C21H25N3O5S. The summed E-state index contributed by atoms with van der Waals surface area (Å²) in [7, 11) is 0. The summed E-state index contributed by atoms with van der Waals surface area (Å²) in [4.78, 5) is 41.7. The Balaban J connectivity index is 1.86. The van der Waals surface area contributed by atoms with E-state index in [0.717, 1.165) is 31.2 Å². The number of carbonyl (C=O) groups is 2. The Morgan fingerprint density at radius 3 is 3.00 bits per heavy atom. The van der Waals surface area contributed by atoms with Gasteiger partial charge in [0.25, 0.3) is 11.5 Å². The Hall–Kier alpha value is -2.65. The number of carbonyl (C=O) groups excluding carboxylic acids is 2. The van der Waals surface area contributed by atoms with E-state index in [4.69, 9.17) is 9.47 Å². The van der Waals surface area contributed by atoms with E-state index >= 15 is 0 Å². The maximum atomic E-state index is 12.9. The molecule has 1 aliphatic heterocycles. The van der Waals surface area contributed by atoms with Gasteiger partial charge >= 0.3 is 5.97 Å². The molecule has 1 amide bonds. The first-order valence-electron chi connectivity index (χ1n) is 9.87. The molecule has 1 aliphatic rings. The van der Waals surface area contributed by atoms with Gasteiger partial charge in [-0.15, -0.1) is 6.58 Å². The number of fused-ring (bicyclic) bond motifs is 1. The number of benzene rings is 1. The van der Waals surface area contributed by atoms with Gasteiger partial charge in [-0.1, -0.05) is 17.8 Å². The number of aromatic nitrogens is 2. The molecule has 1 unspecified atom stereocenters. The highest BCUT2D eigenvalue weighted by Crippen LogP contribution is 2.19. The lowest BCUT2D eigenvalue weighted by Crippen LogP contribution is -2.31. The van der Waals surface area contributed by atoms with E-state index in [9.17, 15) is 14.4 Å². The molecule has 8 nitrogen and oxygen atoms in total. The van der Waals surface area contributed by atoms with E-state index in [1.807, 2.05) is 0 Å². The summed E-state index contributed by atoms with van der Waals surface area (Å²) in [6, 6.07) is 4.80. The number of amides is 1. The number of allylic oxidation sites excluding steroid dienone is 1. The summed E-state index contributed by atoms with van der Waals surface area (Å²) in [5, 5.41) is 3.63. The number of hydrogen-bond acceptors (Lipinski definition) is 7. The molecular weight excluding hydrogens is 406 g/mol. The number of nitrogens with zero attached hydrogens (tertiary/aromatic N) is 2. The van der Waals surface area contributed by atoms with Crippen molar-refractivity contribution < 1.29 is 19.1 Å². The molecule has 1 atom stereocenters. The first kappa shape index (κ1) is 22.0. The molecule has 0 saturated carbocycles. The van der Waals surface area contributed by atoms with Gasteiger partial charge in [-0.25, -0.2) is 4.98 Å². The molecule has 0 aliphatic carbocycles. The zero-order chi connectivity index (χ0) is 21.5. The van der Waals surface area contributed by atoms with Crippen molar-refractivity contribution in [3.63, 3.8) is 0 Å². The van der Waals surface area contributed by atoms with Gasteiger partial charge in [0.05, 0.1) is 29.4 Å². The zero-order valence-electron chi connectivity index (χ0n) is 16.9. The van der Waals surface area contributed by atoms with E-state index in [1.54, 1.807) is 31.2 Å². The van der Waals surface area contributed by atoms with Gasteiger partial charge in [0, 0.05) is 25.3 Å². The third kappa shape index (κ3) is 5.28. The Labute approximate surface area is 178 Å². The van der Waals surface area contributed by atoms with E-state index in [-0.39, 0.29) is 42.4 Å². The third-order valence-corrected chi connectivity index (χ3v) is 5.58. The summed E-state index contributed by atoms with van der Waals surface area (Å²) < 4.78 is 11.9. The van der Waals surface area contributed by atoms with Crippen LogP contribution in [-0.2, 0) is 20.8 Å². The maximum absolute atomic E-state index is 12.9. The molecule has 1 N–H and O–H groups in total. The molecule has 2 aromatic rings. The second-order valence-corrected chi connectivity index (χ2v) is 7.71. The van der Waals surface area contributed by atoms with E-state index < -0.39 is 0 Å². The Morgan fingerprint density at radius 1 is 1.47 bits per heavy atom. The maximum Gasteiger partial charge on any atom is 0.316 e. The van der Waals surface area contributed by atoms with E-state index in [2.05, 4.69) is 16.9 Å². The minimum atomic E-state index is -0.385. The lowest BCUT2D eigenvalue weighted by Gasteiger charge is -2.13. The first-order chi connectivity index (χ1) is 14.5. The number of nitrogens with one attached hydrogen (secondary N) is 1. The first-order valence-corrected chi connectivity index (χ1v) is 10.9. The predicted octanol–water partition coefficient (Wildman–Crippen LogP) is 2.15.